The lowest BCUT2D eigenvalue weighted by Crippen LogP contribution is -2.68. The van der Waals surface area contributed by atoms with E-state index in [0.29, 0.717) is 0 Å². The monoisotopic (exact) mass is 1050 g/mol. The van der Waals surface area contributed by atoms with Gasteiger partial charge in [0.1, 0.15) is 0 Å². The van der Waals surface area contributed by atoms with Crippen LogP contribution in [0.4, 0.5) is 85.3 Å². The van der Waals surface area contributed by atoms with E-state index in [-0.39, 0.29) is 20.1 Å². The van der Waals surface area contributed by atoms with Crippen LogP contribution in [0.1, 0.15) is 0 Å². The van der Waals surface area contributed by atoms with Crippen LogP contribution in [-0.4, -0.2) is 20.1 Å². The molecule has 0 saturated carbocycles. The minimum atomic E-state index is -0.0850. The van der Waals surface area contributed by atoms with Crippen molar-refractivity contribution in [2.24, 2.45) is 0 Å². The van der Waals surface area contributed by atoms with Crippen molar-refractivity contribution in [3.63, 3.8) is 0 Å². The predicted molar refractivity (Wildman–Crippen MR) is 344 cm³/mol. The number of rotatable bonds is 6. The third-order valence-corrected chi connectivity index (χ3v) is 18.9. The summed E-state index contributed by atoms with van der Waals surface area (Å²) in [6, 6.07) is 104. The summed E-state index contributed by atoms with van der Waals surface area (Å²) in [4.78, 5) is 15.3. The van der Waals surface area contributed by atoms with Crippen LogP contribution < -0.4 is 73.7 Å². The van der Waals surface area contributed by atoms with Gasteiger partial charge >= 0.3 is 0 Å². The average Bonchev–Trinajstić information content (AvgIpc) is 3.51. The van der Waals surface area contributed by atoms with Crippen LogP contribution in [0.15, 0.2) is 289 Å². The molecule has 6 aliphatic heterocycles. The molecule has 0 fully saturated rings. The molecule has 0 unspecified atom stereocenters. The third-order valence-electron chi connectivity index (χ3n) is 17.8. The summed E-state index contributed by atoms with van der Waals surface area (Å²) in [5, 5.41) is 0. The van der Waals surface area contributed by atoms with E-state index in [9.17, 15) is 0 Å². The molecule has 0 amide bonds. The highest BCUT2D eigenvalue weighted by atomic mass is 32.2. The van der Waals surface area contributed by atoms with Crippen molar-refractivity contribution in [2.45, 2.75) is 9.79 Å². The van der Waals surface area contributed by atoms with Gasteiger partial charge in [-0.25, -0.2) is 0 Å². The molecule has 374 valence electrons. The maximum absolute atomic E-state index is 2.65. The molecule has 0 spiro atoms. The summed E-state index contributed by atoms with van der Waals surface area (Å²) in [5.41, 5.74) is 29.7. The molecular formula is C72H46B3N5S. The van der Waals surface area contributed by atoms with Gasteiger partial charge in [0.25, 0.3) is 13.4 Å². The Morgan fingerprint density at radius 1 is 0.247 bits per heavy atom. The van der Waals surface area contributed by atoms with Gasteiger partial charge in [0, 0.05) is 89.4 Å². The van der Waals surface area contributed by atoms with E-state index in [4.69, 9.17) is 0 Å². The first-order chi connectivity index (χ1) is 40.2. The molecule has 0 bridgehead atoms. The second-order valence-electron chi connectivity index (χ2n) is 21.9. The van der Waals surface area contributed by atoms with E-state index in [0.717, 1.165) is 34.1 Å². The molecule has 12 aromatic carbocycles. The highest BCUT2D eigenvalue weighted by Crippen LogP contribution is 2.52. The Morgan fingerprint density at radius 2 is 0.605 bits per heavy atom. The zero-order valence-electron chi connectivity index (χ0n) is 43.9. The van der Waals surface area contributed by atoms with E-state index in [1.54, 1.807) is 0 Å². The maximum Gasteiger partial charge on any atom is 0.252 e. The fraction of sp³-hybridized carbons (Fsp3) is 0. The zero-order valence-corrected chi connectivity index (χ0v) is 44.8. The van der Waals surface area contributed by atoms with Crippen molar-refractivity contribution >= 4 is 166 Å². The molecule has 0 atom stereocenters. The molecule has 12 aromatic rings. The SMILES string of the molecule is c1ccc(N(c2ccccc2)c2cc3c4c(c2)N(c2ccccc2)c2cc5c(cc2B4c2ccccc2N3c2ccccc2)B2c3ccccc3N3c4ccccc4B4c6ccccc6N(c6ccccc6)c6cc(c2c3c64)S5)cc1. The molecule has 5 nitrogen and oxygen atoms in total. The van der Waals surface area contributed by atoms with Crippen LogP contribution in [0, 0.1) is 0 Å². The first-order valence-corrected chi connectivity index (χ1v) is 28.9. The lowest BCUT2D eigenvalue weighted by molar-refractivity contribution is 1.22. The van der Waals surface area contributed by atoms with Crippen molar-refractivity contribution in [2.75, 3.05) is 24.5 Å². The normalized spacial score (nSPS) is 14.0. The maximum atomic E-state index is 2.65. The Balaban J connectivity index is 0.932. The number of nitrogens with zero attached hydrogens (tertiary/aromatic N) is 5. The average molecular weight is 1050 g/mol. The second kappa shape index (κ2) is 17.3. The number of para-hydroxylation sites is 9. The Labute approximate surface area is 476 Å². The van der Waals surface area contributed by atoms with Crippen LogP contribution in [-0.2, 0) is 0 Å². The van der Waals surface area contributed by atoms with Crippen molar-refractivity contribution in [1.82, 2.24) is 0 Å². The standard InChI is InChI=1S/C72H46B3N5S/c1-6-24-47(25-7-1)76(48-26-8-2-9-27-48)52-42-64-69-65(43-52)79(51-32-14-5-15-33-51)63-45-67-58(44-57(63)74(69)54-35-17-21-39-60(54)77(64)49-28-10-3-11-29-49)75-56-37-19-23-41-62(56)80-61-40-22-18-36-55(61)73-53-34-16-20-38-59(53)78(50-30-12-4-13-31-50)66-46-68(81-67)71(75)72(80)70(66)73/h1-46H. The van der Waals surface area contributed by atoms with Gasteiger partial charge < -0.3 is 24.5 Å². The largest absolute Gasteiger partial charge is 0.312 e. The molecule has 18 rings (SSSR count). The molecule has 0 saturated heterocycles. The summed E-state index contributed by atoms with van der Waals surface area (Å²) < 4.78 is 0. The summed E-state index contributed by atoms with van der Waals surface area (Å²) >= 11 is 1.95. The van der Waals surface area contributed by atoms with Crippen LogP contribution >= 0.6 is 11.8 Å². The molecule has 0 aromatic heterocycles. The topological polar surface area (TPSA) is 16.2 Å². The van der Waals surface area contributed by atoms with Gasteiger partial charge in [-0.1, -0.05) is 187 Å². The van der Waals surface area contributed by atoms with E-state index >= 15 is 0 Å². The number of hydrogen-bond donors (Lipinski definition) is 0. The lowest BCUT2D eigenvalue weighted by atomic mass is 9.28. The summed E-state index contributed by atoms with van der Waals surface area (Å²) in [7, 11) is 0. The summed E-state index contributed by atoms with van der Waals surface area (Å²) in [6.45, 7) is -0.0610. The van der Waals surface area contributed by atoms with E-state index < -0.39 is 0 Å². The van der Waals surface area contributed by atoms with E-state index in [1.165, 1.54) is 110 Å². The fourth-order valence-corrected chi connectivity index (χ4v) is 15.9. The molecule has 0 N–H and O–H groups in total. The molecule has 6 heterocycles. The lowest BCUT2D eigenvalue weighted by Gasteiger charge is -2.49. The van der Waals surface area contributed by atoms with Crippen molar-refractivity contribution in [1.29, 1.82) is 0 Å². The smallest absolute Gasteiger partial charge is 0.252 e. The fourth-order valence-electron chi connectivity index (χ4n) is 14.7. The van der Waals surface area contributed by atoms with Crippen LogP contribution in [0.5, 0.6) is 0 Å². The molecule has 81 heavy (non-hydrogen) atoms. The van der Waals surface area contributed by atoms with Gasteiger partial charge in [-0.05, 0) is 153 Å². The van der Waals surface area contributed by atoms with E-state index in [2.05, 4.69) is 304 Å². The quantitative estimate of drug-likeness (QED) is 0.153. The number of benzene rings is 12. The molecule has 6 aliphatic rings. The third kappa shape index (κ3) is 6.38. The highest BCUT2D eigenvalue weighted by Gasteiger charge is 2.52. The number of anilines is 15. The molecule has 0 radical (unpaired) electrons. The Kier molecular flexibility index (Phi) is 9.65. The Hall–Kier alpha value is -9.82. The van der Waals surface area contributed by atoms with Gasteiger partial charge in [-0.15, -0.1) is 0 Å². The first kappa shape index (κ1) is 45.1. The first-order valence-electron chi connectivity index (χ1n) is 28.1. The molecular weight excluding hydrogens is 999 g/mol. The second-order valence-corrected chi connectivity index (χ2v) is 23.0. The molecule has 9 heteroatoms. The van der Waals surface area contributed by atoms with Crippen molar-refractivity contribution in [3.8, 4) is 0 Å². The van der Waals surface area contributed by atoms with Crippen LogP contribution in [0.25, 0.3) is 0 Å². The summed E-state index contributed by atoms with van der Waals surface area (Å²) in [6.07, 6.45) is 0. The summed E-state index contributed by atoms with van der Waals surface area (Å²) in [5.74, 6) is 0. The predicted octanol–water partition coefficient (Wildman–Crippen LogP) is 12.6. The minimum Gasteiger partial charge on any atom is -0.312 e. The Bertz CT molecular complexity index is 4520. The zero-order chi connectivity index (χ0) is 52.9. The van der Waals surface area contributed by atoms with Gasteiger partial charge in [-0.3, -0.25) is 0 Å². The number of hydrogen-bond acceptors (Lipinski definition) is 6. The van der Waals surface area contributed by atoms with Gasteiger partial charge in [0.2, 0.25) is 6.71 Å². The van der Waals surface area contributed by atoms with Crippen LogP contribution in [0.2, 0.25) is 0 Å². The van der Waals surface area contributed by atoms with Gasteiger partial charge in [0.05, 0.1) is 5.69 Å². The van der Waals surface area contributed by atoms with Gasteiger partial charge in [0.15, 0.2) is 0 Å². The Morgan fingerprint density at radius 3 is 1.07 bits per heavy atom. The minimum absolute atomic E-state index is 0.0269. The molecule has 0 aliphatic carbocycles. The van der Waals surface area contributed by atoms with Crippen molar-refractivity contribution in [3.05, 3.63) is 279 Å². The van der Waals surface area contributed by atoms with Gasteiger partial charge in [-0.2, -0.15) is 0 Å². The van der Waals surface area contributed by atoms with Crippen LogP contribution in [0.3, 0.4) is 0 Å². The highest BCUT2D eigenvalue weighted by molar-refractivity contribution is 8.00. The van der Waals surface area contributed by atoms with E-state index in [1.807, 2.05) is 11.8 Å². The number of fused-ring (bicyclic) bond motifs is 14. The van der Waals surface area contributed by atoms with Crippen molar-refractivity contribution < 1.29 is 0 Å².